The molecule has 0 aromatic carbocycles. The van der Waals surface area contributed by atoms with Crippen LogP contribution in [0.1, 0.15) is 39.5 Å². The minimum atomic E-state index is 0.116. The summed E-state index contributed by atoms with van der Waals surface area (Å²) in [4.78, 5) is 0. The van der Waals surface area contributed by atoms with Gasteiger partial charge in [-0.2, -0.15) is 0 Å². The van der Waals surface area contributed by atoms with Crippen LogP contribution in [0.2, 0.25) is 0 Å². The molecule has 0 spiro atoms. The molecule has 4 nitrogen and oxygen atoms in total. The van der Waals surface area contributed by atoms with Crippen LogP contribution >= 0.6 is 0 Å². The van der Waals surface area contributed by atoms with Gasteiger partial charge in [0.05, 0.1) is 0 Å². The third-order valence-corrected chi connectivity index (χ3v) is 3.37. The number of hydrogen-bond acceptors (Lipinski definition) is 4. The zero-order valence-electron chi connectivity index (χ0n) is 11.0. The van der Waals surface area contributed by atoms with Gasteiger partial charge in [-0.15, -0.1) is 0 Å². The van der Waals surface area contributed by atoms with Gasteiger partial charge in [0, 0.05) is 26.3 Å². The van der Waals surface area contributed by atoms with E-state index in [0.29, 0.717) is 12.1 Å². The quantitative estimate of drug-likeness (QED) is 0.678. The third-order valence-electron chi connectivity index (χ3n) is 3.37. The second-order valence-electron chi connectivity index (χ2n) is 4.59. The first-order valence-electron chi connectivity index (χ1n) is 6.25. The van der Waals surface area contributed by atoms with Gasteiger partial charge < -0.3 is 9.47 Å². The van der Waals surface area contributed by atoms with E-state index in [1.54, 1.807) is 14.2 Å². The van der Waals surface area contributed by atoms with E-state index in [9.17, 15) is 0 Å². The molecule has 96 valence electrons. The lowest BCUT2D eigenvalue weighted by Crippen LogP contribution is -2.54. The monoisotopic (exact) mass is 230 g/mol. The van der Waals surface area contributed by atoms with Crippen LogP contribution in [0.25, 0.3) is 0 Å². The maximum Gasteiger partial charge on any atom is 0.105 e. The molecular formula is C12H26N2O2. The van der Waals surface area contributed by atoms with Gasteiger partial charge in [-0.1, -0.05) is 12.8 Å². The molecule has 1 aliphatic rings. The van der Waals surface area contributed by atoms with Crippen LogP contribution in [0.15, 0.2) is 0 Å². The first-order chi connectivity index (χ1) is 7.67. The summed E-state index contributed by atoms with van der Waals surface area (Å²) in [6.07, 6.45) is 5.25. The van der Waals surface area contributed by atoms with Gasteiger partial charge in [-0.3, -0.25) is 10.6 Å². The number of methoxy groups -OCH3 is 2. The van der Waals surface area contributed by atoms with Gasteiger partial charge in [0.15, 0.2) is 0 Å². The Labute approximate surface area is 99.1 Å². The van der Waals surface area contributed by atoms with Crippen LogP contribution in [0.3, 0.4) is 0 Å². The Morgan fingerprint density at radius 3 is 1.56 bits per heavy atom. The highest BCUT2D eigenvalue weighted by Crippen LogP contribution is 2.19. The first kappa shape index (κ1) is 13.9. The van der Waals surface area contributed by atoms with E-state index in [4.69, 9.17) is 9.47 Å². The highest BCUT2D eigenvalue weighted by Gasteiger charge is 2.26. The van der Waals surface area contributed by atoms with Gasteiger partial charge in [-0.05, 0) is 26.7 Å². The molecule has 2 N–H and O–H groups in total. The lowest BCUT2D eigenvalue weighted by atomic mass is 9.90. The average molecular weight is 230 g/mol. The van der Waals surface area contributed by atoms with Gasteiger partial charge in [0.1, 0.15) is 12.5 Å². The van der Waals surface area contributed by atoms with Crippen LogP contribution in [0, 0.1) is 0 Å². The van der Waals surface area contributed by atoms with Crippen molar-refractivity contribution in [3.63, 3.8) is 0 Å². The summed E-state index contributed by atoms with van der Waals surface area (Å²) in [6.45, 7) is 4.09. The van der Waals surface area contributed by atoms with Crippen LogP contribution in [0.5, 0.6) is 0 Å². The molecule has 0 heterocycles. The summed E-state index contributed by atoms with van der Waals surface area (Å²) in [5.41, 5.74) is 0. The Bertz CT molecular complexity index is 170. The van der Waals surface area contributed by atoms with Crippen molar-refractivity contribution < 1.29 is 9.47 Å². The van der Waals surface area contributed by atoms with Crippen molar-refractivity contribution in [2.45, 2.75) is 64.1 Å². The van der Waals surface area contributed by atoms with Gasteiger partial charge in [0.25, 0.3) is 0 Å². The molecular weight excluding hydrogens is 204 g/mol. The summed E-state index contributed by atoms with van der Waals surface area (Å²) in [5.74, 6) is 0. The SMILES string of the molecule is COC(C)N[C@@H]1CCCC[C@H]1NC(C)OC. The second kappa shape index (κ2) is 7.22. The fourth-order valence-corrected chi connectivity index (χ4v) is 2.27. The maximum atomic E-state index is 5.26. The molecule has 1 aliphatic carbocycles. The van der Waals surface area contributed by atoms with Crippen LogP contribution in [0.4, 0.5) is 0 Å². The fraction of sp³-hybridized carbons (Fsp3) is 1.00. The molecule has 1 fully saturated rings. The van der Waals surface area contributed by atoms with Gasteiger partial charge >= 0.3 is 0 Å². The summed E-state index contributed by atoms with van der Waals surface area (Å²) in [6, 6.07) is 0.975. The third kappa shape index (κ3) is 4.37. The molecule has 4 heteroatoms. The zero-order chi connectivity index (χ0) is 12.0. The van der Waals surface area contributed by atoms with E-state index in [2.05, 4.69) is 10.6 Å². The second-order valence-corrected chi connectivity index (χ2v) is 4.59. The number of ether oxygens (including phenoxy) is 2. The van der Waals surface area contributed by atoms with Crippen molar-refractivity contribution in [1.82, 2.24) is 10.6 Å². The van der Waals surface area contributed by atoms with E-state index < -0.39 is 0 Å². The Kier molecular flexibility index (Phi) is 6.28. The molecule has 2 unspecified atom stereocenters. The number of hydrogen-bond donors (Lipinski definition) is 2. The Hall–Kier alpha value is -0.160. The zero-order valence-corrected chi connectivity index (χ0v) is 11.0. The van der Waals surface area contributed by atoms with Crippen molar-refractivity contribution >= 4 is 0 Å². The molecule has 1 saturated carbocycles. The average Bonchev–Trinajstić information content (AvgIpc) is 2.31. The van der Waals surface area contributed by atoms with Gasteiger partial charge in [-0.25, -0.2) is 0 Å². The van der Waals surface area contributed by atoms with Crippen molar-refractivity contribution in [1.29, 1.82) is 0 Å². The topological polar surface area (TPSA) is 42.5 Å². The van der Waals surface area contributed by atoms with Gasteiger partial charge in [0.2, 0.25) is 0 Å². The van der Waals surface area contributed by atoms with E-state index in [0.717, 1.165) is 0 Å². The largest absolute Gasteiger partial charge is 0.367 e. The molecule has 0 aromatic heterocycles. The van der Waals surface area contributed by atoms with E-state index >= 15 is 0 Å². The molecule has 0 bridgehead atoms. The van der Waals surface area contributed by atoms with Crippen molar-refractivity contribution in [3.05, 3.63) is 0 Å². The molecule has 4 atom stereocenters. The van der Waals surface area contributed by atoms with Crippen LogP contribution < -0.4 is 10.6 Å². The highest BCUT2D eigenvalue weighted by molar-refractivity contribution is 4.86. The Morgan fingerprint density at radius 2 is 1.25 bits per heavy atom. The molecule has 0 aromatic rings. The van der Waals surface area contributed by atoms with Crippen LogP contribution in [-0.4, -0.2) is 38.8 Å². The molecule has 0 saturated heterocycles. The molecule has 0 amide bonds. The molecule has 0 radical (unpaired) electrons. The summed E-state index contributed by atoms with van der Waals surface area (Å²) >= 11 is 0. The first-order valence-corrected chi connectivity index (χ1v) is 6.25. The summed E-state index contributed by atoms with van der Waals surface area (Å²) in [7, 11) is 3.47. The van der Waals surface area contributed by atoms with Crippen molar-refractivity contribution in [2.24, 2.45) is 0 Å². The maximum absolute atomic E-state index is 5.26. The Morgan fingerprint density at radius 1 is 0.875 bits per heavy atom. The van der Waals surface area contributed by atoms with Crippen molar-refractivity contribution in [2.75, 3.05) is 14.2 Å². The number of rotatable bonds is 6. The molecule has 1 rings (SSSR count). The highest BCUT2D eigenvalue weighted by atomic mass is 16.5. The predicted octanol–water partition coefficient (Wildman–Crippen LogP) is 1.46. The standard InChI is InChI=1S/C12H26N2O2/c1-9(15-3)13-11-7-5-6-8-12(11)14-10(2)16-4/h9-14H,5-8H2,1-4H3/t9?,10?,11-,12-/m1/s1. The van der Waals surface area contributed by atoms with E-state index in [1.165, 1.54) is 25.7 Å². The normalized spacial score (nSPS) is 30.0. The smallest absolute Gasteiger partial charge is 0.105 e. The Balaban J connectivity index is 2.43. The predicted molar refractivity (Wildman–Crippen MR) is 65.3 cm³/mol. The lowest BCUT2D eigenvalue weighted by molar-refractivity contribution is 0.0418. The van der Waals surface area contributed by atoms with Crippen molar-refractivity contribution in [3.8, 4) is 0 Å². The van der Waals surface area contributed by atoms with E-state index in [-0.39, 0.29) is 12.5 Å². The lowest BCUT2D eigenvalue weighted by Gasteiger charge is -2.36. The van der Waals surface area contributed by atoms with E-state index in [1.807, 2.05) is 13.8 Å². The number of nitrogens with one attached hydrogen (secondary N) is 2. The molecule has 0 aliphatic heterocycles. The summed E-state index contributed by atoms with van der Waals surface area (Å²) in [5, 5.41) is 7.02. The summed E-state index contributed by atoms with van der Waals surface area (Å²) < 4.78 is 10.5. The minimum Gasteiger partial charge on any atom is -0.367 e. The molecule has 16 heavy (non-hydrogen) atoms. The minimum absolute atomic E-state index is 0.116. The van der Waals surface area contributed by atoms with Crippen LogP contribution in [-0.2, 0) is 9.47 Å². The fourth-order valence-electron chi connectivity index (χ4n) is 2.27.